The first-order valence-corrected chi connectivity index (χ1v) is 8.60. The van der Waals surface area contributed by atoms with E-state index in [9.17, 15) is 5.11 Å². The molecular formula is C21H17N3O2. The number of phenolic OH excluding ortho intramolecular Hbond substituents is 1. The molecule has 0 spiro atoms. The van der Waals surface area contributed by atoms with Crippen LogP contribution in [0.3, 0.4) is 0 Å². The van der Waals surface area contributed by atoms with Gasteiger partial charge in [-0.1, -0.05) is 18.2 Å². The Morgan fingerprint density at radius 2 is 1.73 bits per heavy atom. The van der Waals surface area contributed by atoms with Crippen LogP contribution in [0.1, 0.15) is 35.4 Å². The number of pyridine rings is 1. The van der Waals surface area contributed by atoms with E-state index in [-0.39, 0.29) is 18.0 Å². The van der Waals surface area contributed by atoms with Crippen LogP contribution in [0.5, 0.6) is 11.5 Å². The van der Waals surface area contributed by atoms with Crippen LogP contribution < -0.4 is 4.74 Å². The van der Waals surface area contributed by atoms with Gasteiger partial charge in [0.05, 0.1) is 11.8 Å². The third-order valence-electron chi connectivity index (χ3n) is 4.89. The van der Waals surface area contributed by atoms with E-state index in [1.165, 1.54) is 0 Å². The summed E-state index contributed by atoms with van der Waals surface area (Å²) in [5.41, 5.74) is 4.18. The Labute approximate surface area is 151 Å². The highest BCUT2D eigenvalue weighted by molar-refractivity contribution is 6.02. The van der Waals surface area contributed by atoms with Crippen molar-refractivity contribution in [3.8, 4) is 11.5 Å². The predicted molar refractivity (Wildman–Crippen MR) is 97.9 cm³/mol. The molecule has 0 aliphatic carbocycles. The third-order valence-corrected chi connectivity index (χ3v) is 4.89. The smallest absolute Gasteiger partial charge is 0.213 e. The van der Waals surface area contributed by atoms with Gasteiger partial charge in [0.25, 0.3) is 0 Å². The van der Waals surface area contributed by atoms with Crippen molar-refractivity contribution in [1.29, 1.82) is 0 Å². The number of phenols is 1. The van der Waals surface area contributed by atoms with Crippen LogP contribution in [0.2, 0.25) is 0 Å². The lowest BCUT2D eigenvalue weighted by atomic mass is 9.96. The molecule has 3 aromatic rings. The van der Waals surface area contributed by atoms with Gasteiger partial charge in [0.1, 0.15) is 11.5 Å². The van der Waals surface area contributed by atoms with E-state index in [4.69, 9.17) is 9.84 Å². The van der Waals surface area contributed by atoms with Gasteiger partial charge in [-0.15, -0.1) is 0 Å². The zero-order chi connectivity index (χ0) is 17.5. The maximum Gasteiger partial charge on any atom is 0.213 e. The highest BCUT2D eigenvalue weighted by Gasteiger charge is 2.40. The Kier molecular flexibility index (Phi) is 3.38. The van der Waals surface area contributed by atoms with Crippen LogP contribution in [-0.2, 0) is 0 Å². The predicted octanol–water partition coefficient (Wildman–Crippen LogP) is 4.03. The zero-order valence-corrected chi connectivity index (χ0v) is 14.0. The lowest BCUT2D eigenvalue weighted by Crippen LogP contribution is -2.33. The molecule has 0 bridgehead atoms. The highest BCUT2D eigenvalue weighted by Crippen LogP contribution is 2.47. The van der Waals surface area contributed by atoms with Crippen LogP contribution in [0.15, 0.2) is 78.2 Å². The Morgan fingerprint density at radius 3 is 2.54 bits per heavy atom. The average molecular weight is 343 g/mol. The fourth-order valence-electron chi connectivity index (χ4n) is 3.61. The van der Waals surface area contributed by atoms with Crippen LogP contribution in [0.25, 0.3) is 0 Å². The summed E-state index contributed by atoms with van der Waals surface area (Å²) >= 11 is 0. The maximum absolute atomic E-state index is 9.55. The summed E-state index contributed by atoms with van der Waals surface area (Å²) in [7, 11) is 0. The van der Waals surface area contributed by atoms with Crippen LogP contribution in [-0.4, -0.2) is 20.8 Å². The van der Waals surface area contributed by atoms with Crippen molar-refractivity contribution in [2.24, 2.45) is 5.10 Å². The quantitative estimate of drug-likeness (QED) is 0.763. The molecule has 0 fully saturated rings. The molecular weight excluding hydrogens is 326 g/mol. The number of hydrogen-bond acceptors (Lipinski definition) is 5. The van der Waals surface area contributed by atoms with E-state index in [1.807, 2.05) is 47.5 Å². The topological polar surface area (TPSA) is 58.0 Å². The molecule has 1 N–H and O–H groups in total. The molecule has 5 rings (SSSR count). The van der Waals surface area contributed by atoms with E-state index in [0.717, 1.165) is 34.6 Å². The van der Waals surface area contributed by atoms with Crippen molar-refractivity contribution in [2.75, 3.05) is 0 Å². The van der Waals surface area contributed by atoms with Gasteiger partial charge in [-0.2, -0.15) is 5.10 Å². The number of aromatic hydroxyl groups is 1. The zero-order valence-electron chi connectivity index (χ0n) is 14.0. The van der Waals surface area contributed by atoms with Gasteiger partial charge in [-0.25, -0.2) is 5.01 Å². The molecule has 2 aliphatic heterocycles. The number of ether oxygens (including phenoxy) is 1. The fraction of sp³-hybridized carbons (Fsp3) is 0.143. The summed E-state index contributed by atoms with van der Waals surface area (Å²) in [6.45, 7) is 0. The number of aromatic nitrogens is 1. The Hall–Kier alpha value is -3.34. The van der Waals surface area contributed by atoms with Crippen molar-refractivity contribution >= 4 is 5.71 Å². The molecule has 1 aromatic heterocycles. The summed E-state index contributed by atoms with van der Waals surface area (Å²) in [4.78, 5) is 4.11. The lowest BCUT2D eigenvalue weighted by molar-refractivity contribution is -0.0190. The van der Waals surface area contributed by atoms with Crippen molar-refractivity contribution in [3.05, 3.63) is 89.7 Å². The number of fused-ring (bicyclic) bond motifs is 3. The monoisotopic (exact) mass is 343 g/mol. The fourth-order valence-corrected chi connectivity index (χ4v) is 3.61. The standard InChI is InChI=1S/C21H17N3O2/c25-16-7-5-14(6-8-16)18-13-19-17-3-1-2-4-20(17)26-21(24(19)23-18)15-9-11-22-12-10-15/h1-12,19,21,25H,13H2/t19-,21+/m1/s1. The first-order chi connectivity index (χ1) is 12.8. The number of rotatable bonds is 2. The molecule has 2 atom stereocenters. The second kappa shape index (κ2) is 5.88. The molecule has 5 nitrogen and oxygen atoms in total. The van der Waals surface area contributed by atoms with E-state index >= 15 is 0 Å². The Balaban J connectivity index is 1.59. The van der Waals surface area contributed by atoms with Crippen molar-refractivity contribution in [1.82, 2.24) is 9.99 Å². The summed E-state index contributed by atoms with van der Waals surface area (Å²) in [6, 6.07) is 19.4. The third kappa shape index (κ3) is 2.40. The summed E-state index contributed by atoms with van der Waals surface area (Å²) in [6.07, 6.45) is 4.06. The maximum atomic E-state index is 9.55. The number of nitrogens with zero attached hydrogens (tertiary/aromatic N) is 3. The van der Waals surface area contributed by atoms with Gasteiger partial charge in [0, 0.05) is 29.9 Å². The molecule has 5 heteroatoms. The molecule has 128 valence electrons. The van der Waals surface area contributed by atoms with Crippen LogP contribution >= 0.6 is 0 Å². The Bertz CT molecular complexity index is 970. The van der Waals surface area contributed by atoms with Crippen LogP contribution in [0, 0.1) is 0 Å². The first kappa shape index (κ1) is 15.0. The molecule has 2 aromatic carbocycles. The molecule has 0 amide bonds. The van der Waals surface area contributed by atoms with Gasteiger partial charge in [-0.3, -0.25) is 4.98 Å². The van der Waals surface area contributed by atoms with Gasteiger partial charge in [-0.05, 0) is 48.0 Å². The second-order valence-electron chi connectivity index (χ2n) is 6.48. The summed E-state index contributed by atoms with van der Waals surface area (Å²) in [5, 5.41) is 16.5. The van der Waals surface area contributed by atoms with Crippen molar-refractivity contribution in [2.45, 2.75) is 18.7 Å². The lowest BCUT2D eigenvalue weighted by Gasteiger charge is -2.38. The largest absolute Gasteiger partial charge is 0.508 e. The highest BCUT2D eigenvalue weighted by atomic mass is 16.5. The van der Waals surface area contributed by atoms with E-state index in [0.29, 0.717) is 0 Å². The first-order valence-electron chi connectivity index (χ1n) is 8.60. The van der Waals surface area contributed by atoms with Gasteiger partial charge in [0.15, 0.2) is 0 Å². The number of hydrazone groups is 1. The molecule has 0 unspecified atom stereocenters. The van der Waals surface area contributed by atoms with E-state index < -0.39 is 0 Å². The van der Waals surface area contributed by atoms with Gasteiger partial charge >= 0.3 is 0 Å². The Morgan fingerprint density at radius 1 is 0.962 bits per heavy atom. The van der Waals surface area contributed by atoms with Crippen LogP contribution in [0.4, 0.5) is 0 Å². The normalized spacial score (nSPS) is 20.8. The van der Waals surface area contributed by atoms with Crippen molar-refractivity contribution in [3.63, 3.8) is 0 Å². The SMILES string of the molecule is Oc1ccc(C2=NN3[C@H](C2)c2ccccc2O[C@H]3c2ccncc2)cc1. The van der Waals surface area contributed by atoms with E-state index in [2.05, 4.69) is 11.1 Å². The molecule has 0 saturated carbocycles. The minimum atomic E-state index is -0.285. The summed E-state index contributed by atoms with van der Waals surface area (Å²) in [5.74, 6) is 1.16. The average Bonchev–Trinajstić information content (AvgIpc) is 3.14. The van der Waals surface area contributed by atoms with E-state index in [1.54, 1.807) is 24.5 Å². The number of para-hydroxylation sites is 1. The second-order valence-corrected chi connectivity index (χ2v) is 6.48. The molecule has 0 saturated heterocycles. The molecule has 3 heterocycles. The molecule has 2 aliphatic rings. The number of benzene rings is 2. The van der Waals surface area contributed by atoms with Crippen molar-refractivity contribution < 1.29 is 9.84 Å². The van der Waals surface area contributed by atoms with Gasteiger partial charge < -0.3 is 9.84 Å². The molecule has 26 heavy (non-hydrogen) atoms. The minimum Gasteiger partial charge on any atom is -0.508 e. The summed E-state index contributed by atoms with van der Waals surface area (Å²) < 4.78 is 6.29. The minimum absolute atomic E-state index is 0.127. The van der Waals surface area contributed by atoms with Gasteiger partial charge in [0.2, 0.25) is 6.23 Å². The number of hydrogen-bond donors (Lipinski definition) is 1. The molecule has 0 radical (unpaired) electrons.